The van der Waals surface area contributed by atoms with E-state index in [1.807, 2.05) is 26.0 Å². The number of fused-ring (bicyclic) bond motifs is 5. The molecule has 222 valence electrons. The van der Waals surface area contributed by atoms with Crippen molar-refractivity contribution in [1.29, 1.82) is 0 Å². The second-order valence-corrected chi connectivity index (χ2v) is 11.6. The number of carbonyl (C=O) groups is 1. The Bertz CT molecular complexity index is 1760. The summed E-state index contributed by atoms with van der Waals surface area (Å²) in [6, 6.07) is 0. The Morgan fingerprint density at radius 1 is 1.07 bits per heavy atom. The number of hydrogen-bond donors (Lipinski definition) is 2. The van der Waals surface area contributed by atoms with Crippen LogP contribution in [0.4, 0.5) is 8.78 Å². The number of rotatable bonds is 5. The Hall–Kier alpha value is -4.40. The van der Waals surface area contributed by atoms with E-state index in [4.69, 9.17) is 19.7 Å². The molecule has 1 saturated heterocycles. The van der Waals surface area contributed by atoms with Crippen molar-refractivity contribution in [3.63, 3.8) is 0 Å². The van der Waals surface area contributed by atoms with Crippen LogP contribution >= 0.6 is 0 Å². The topological polar surface area (TPSA) is 95.6 Å². The van der Waals surface area contributed by atoms with Gasteiger partial charge >= 0.3 is 5.97 Å². The molecule has 43 heavy (non-hydrogen) atoms. The molecule has 0 aromatic carbocycles. The summed E-state index contributed by atoms with van der Waals surface area (Å²) in [4.78, 5) is 26.9. The number of ether oxygens (including phenoxy) is 1. The summed E-state index contributed by atoms with van der Waals surface area (Å²) in [5.41, 5.74) is 11.1. The lowest BCUT2D eigenvalue weighted by Crippen LogP contribution is -2.16. The number of aliphatic hydroxyl groups is 1. The molecule has 6 aliphatic rings. The van der Waals surface area contributed by atoms with Crippen molar-refractivity contribution in [2.24, 2.45) is 26.8 Å². The zero-order valence-electron chi connectivity index (χ0n) is 25.2. The van der Waals surface area contributed by atoms with Gasteiger partial charge in [-0.1, -0.05) is 13.8 Å². The van der Waals surface area contributed by atoms with Crippen molar-refractivity contribution in [3.8, 4) is 0 Å². The summed E-state index contributed by atoms with van der Waals surface area (Å²) in [5, 5.41) is 14.8. The maximum atomic E-state index is 13.7. The second kappa shape index (κ2) is 10.7. The molecule has 1 fully saturated rings. The summed E-state index contributed by atoms with van der Waals surface area (Å²) < 4.78 is 32.2. The Balaban J connectivity index is 1.61. The van der Waals surface area contributed by atoms with E-state index in [9.17, 15) is 18.7 Å². The van der Waals surface area contributed by atoms with Gasteiger partial charge in [0.05, 0.1) is 41.3 Å². The number of nitrogens with zero attached hydrogens (tertiary/aromatic N) is 3. The number of esters is 1. The van der Waals surface area contributed by atoms with Crippen molar-refractivity contribution >= 4 is 23.1 Å². The molecule has 5 heterocycles. The smallest absolute Gasteiger partial charge is 0.305 e. The van der Waals surface area contributed by atoms with E-state index in [1.165, 1.54) is 7.11 Å². The number of allylic oxidation sites excluding steroid dienone is 12. The van der Waals surface area contributed by atoms with E-state index in [0.29, 0.717) is 41.1 Å². The third-order valence-electron chi connectivity index (χ3n) is 9.24. The minimum absolute atomic E-state index is 0.0511. The summed E-state index contributed by atoms with van der Waals surface area (Å²) in [5.74, 6) is -0.169. The third-order valence-corrected chi connectivity index (χ3v) is 9.24. The summed E-state index contributed by atoms with van der Waals surface area (Å²) >= 11 is 0. The van der Waals surface area contributed by atoms with Gasteiger partial charge in [0, 0.05) is 58.9 Å². The molecule has 0 radical (unpaired) electrons. The van der Waals surface area contributed by atoms with Crippen molar-refractivity contribution in [3.05, 3.63) is 104 Å². The summed E-state index contributed by atoms with van der Waals surface area (Å²) in [6.45, 7) is 9.86. The van der Waals surface area contributed by atoms with Crippen molar-refractivity contribution in [1.82, 2.24) is 5.32 Å². The van der Waals surface area contributed by atoms with Gasteiger partial charge < -0.3 is 15.2 Å². The monoisotopic (exact) mass is 584 g/mol. The summed E-state index contributed by atoms with van der Waals surface area (Å²) in [6.07, 6.45) is 6.51. The van der Waals surface area contributed by atoms with Crippen LogP contribution in [-0.4, -0.2) is 35.3 Å². The Kier molecular flexibility index (Phi) is 7.15. The van der Waals surface area contributed by atoms with Gasteiger partial charge in [-0.2, -0.15) is 8.78 Å². The van der Waals surface area contributed by atoms with Gasteiger partial charge in [-0.25, -0.2) is 15.0 Å². The molecular formula is C34H34F2N4O3. The molecule has 0 unspecified atom stereocenters. The van der Waals surface area contributed by atoms with E-state index in [2.05, 4.69) is 19.2 Å². The first-order valence-corrected chi connectivity index (χ1v) is 14.6. The maximum Gasteiger partial charge on any atom is 0.305 e. The highest BCUT2D eigenvalue weighted by Crippen LogP contribution is 2.46. The molecule has 7 nitrogen and oxygen atoms in total. The highest BCUT2D eigenvalue weighted by molar-refractivity contribution is 6.21. The largest absolute Gasteiger partial charge is 0.511 e. The predicted molar refractivity (Wildman–Crippen MR) is 164 cm³/mol. The number of carbonyl (C=O) groups excluding carboxylic acids is 1. The van der Waals surface area contributed by atoms with Crippen LogP contribution in [-0.2, 0) is 9.53 Å². The molecule has 1 aliphatic carbocycles. The van der Waals surface area contributed by atoms with E-state index in [-0.39, 0.29) is 30.0 Å². The van der Waals surface area contributed by atoms with Crippen LogP contribution in [0.1, 0.15) is 60.3 Å². The van der Waals surface area contributed by atoms with Gasteiger partial charge in [-0.3, -0.25) is 4.79 Å². The van der Waals surface area contributed by atoms with Crippen LogP contribution < -0.4 is 5.32 Å². The zero-order chi connectivity index (χ0) is 30.7. The van der Waals surface area contributed by atoms with E-state index >= 15 is 0 Å². The molecular weight excluding hydrogens is 550 g/mol. The zero-order valence-corrected chi connectivity index (χ0v) is 25.2. The average molecular weight is 585 g/mol. The van der Waals surface area contributed by atoms with Gasteiger partial charge in [0.2, 0.25) is 0 Å². The lowest BCUT2D eigenvalue weighted by molar-refractivity contribution is -0.140. The number of methoxy groups -OCH3 is 1. The molecule has 8 bridgehead atoms. The molecule has 0 aromatic heterocycles. The van der Waals surface area contributed by atoms with Crippen LogP contribution in [0.5, 0.6) is 0 Å². The second-order valence-electron chi connectivity index (χ2n) is 11.6. The molecule has 6 rings (SSSR count). The van der Waals surface area contributed by atoms with E-state index in [1.54, 1.807) is 13.0 Å². The van der Waals surface area contributed by atoms with Crippen LogP contribution in [0.15, 0.2) is 119 Å². The first-order valence-electron chi connectivity index (χ1n) is 14.6. The van der Waals surface area contributed by atoms with Gasteiger partial charge in [-0.05, 0) is 74.1 Å². The number of aliphatic hydroxyl groups excluding tert-OH is 1. The quantitative estimate of drug-likeness (QED) is 0.330. The molecule has 0 aromatic rings. The van der Waals surface area contributed by atoms with Crippen molar-refractivity contribution in [2.75, 3.05) is 7.11 Å². The average Bonchev–Trinajstić information content (AvgIpc) is 3.71. The molecule has 2 atom stereocenters. The fraction of sp³-hybridized carbons (Fsp3) is 0.353. The highest BCUT2D eigenvalue weighted by atomic mass is 19.3. The predicted octanol–water partition coefficient (Wildman–Crippen LogP) is 7.39. The lowest BCUT2D eigenvalue weighted by atomic mass is 9.86. The van der Waals surface area contributed by atoms with E-state index in [0.717, 1.165) is 68.9 Å². The summed E-state index contributed by atoms with van der Waals surface area (Å²) in [7, 11) is 1.38. The van der Waals surface area contributed by atoms with Crippen molar-refractivity contribution in [2.45, 2.75) is 60.3 Å². The Morgan fingerprint density at radius 2 is 1.79 bits per heavy atom. The molecule has 2 N–H and O–H groups in total. The first kappa shape index (κ1) is 28.7. The maximum absolute atomic E-state index is 13.7. The normalized spacial score (nSPS) is 24.3. The van der Waals surface area contributed by atoms with Crippen LogP contribution in [0.25, 0.3) is 0 Å². The number of halogens is 2. The fourth-order valence-corrected chi connectivity index (χ4v) is 6.79. The van der Waals surface area contributed by atoms with Crippen molar-refractivity contribution < 1.29 is 23.4 Å². The molecule has 0 saturated carbocycles. The van der Waals surface area contributed by atoms with Crippen LogP contribution in [0.2, 0.25) is 0 Å². The molecule has 0 amide bonds. The number of hydrogen-bond acceptors (Lipinski definition) is 7. The Labute approximate surface area is 249 Å². The van der Waals surface area contributed by atoms with Gasteiger partial charge in [-0.15, -0.1) is 0 Å². The van der Waals surface area contributed by atoms with Gasteiger partial charge in [0.25, 0.3) is 6.08 Å². The first-order chi connectivity index (χ1) is 20.5. The SMILES string of the molecule is CCC1=C(C)C2=NC1=CC1=C(C)C3=C(O)CC(=C4NC(=CC5=NC(=C2)C(C=C(F)F)=C5C)[C@@H](C)[C@@H]4CCC(=O)OC)C3=N1. The molecule has 9 heteroatoms. The van der Waals surface area contributed by atoms with Crippen LogP contribution in [0.3, 0.4) is 0 Å². The van der Waals surface area contributed by atoms with Gasteiger partial charge in [0.15, 0.2) is 0 Å². The third kappa shape index (κ3) is 4.71. The lowest BCUT2D eigenvalue weighted by Gasteiger charge is -2.17. The van der Waals surface area contributed by atoms with Gasteiger partial charge in [0.1, 0.15) is 5.76 Å². The van der Waals surface area contributed by atoms with Crippen LogP contribution in [0, 0.1) is 11.8 Å². The highest BCUT2D eigenvalue weighted by Gasteiger charge is 2.41. The Morgan fingerprint density at radius 3 is 2.49 bits per heavy atom. The number of aliphatic imine (C=N–C) groups is 3. The fourth-order valence-electron chi connectivity index (χ4n) is 6.79. The molecule has 5 aliphatic heterocycles. The standard InChI is InChI=1S/C34H34F2N4O3/c1-7-19-15(2)24-13-28-21(11-30(35)36)17(4)23(38-28)12-25-16(3)20(8-9-31(42)43-6)33(39-25)22-10-29(41)32-18(5)26(40-34(22)32)14-27(19)37-24/h11-14,16,20,39,41H,7-10H2,1-6H3/t16-,20-/m0/s1. The minimum atomic E-state index is -1.80. The molecule has 0 spiro atoms. The number of nitrogens with one attached hydrogen (secondary N) is 1. The minimum Gasteiger partial charge on any atom is -0.511 e. The van der Waals surface area contributed by atoms with E-state index < -0.39 is 6.08 Å².